The summed E-state index contributed by atoms with van der Waals surface area (Å²) in [5, 5.41) is 6.85. The van der Waals surface area contributed by atoms with E-state index < -0.39 is 0 Å². The zero-order chi connectivity index (χ0) is 21.0. The van der Waals surface area contributed by atoms with Gasteiger partial charge in [0.1, 0.15) is 0 Å². The lowest BCUT2D eigenvalue weighted by Gasteiger charge is -2.29. The molecule has 0 aliphatic carbocycles. The summed E-state index contributed by atoms with van der Waals surface area (Å²) in [6.07, 6.45) is 0.867. The van der Waals surface area contributed by atoms with E-state index in [1.54, 1.807) is 6.07 Å². The molecule has 0 unspecified atom stereocenters. The summed E-state index contributed by atoms with van der Waals surface area (Å²) in [7, 11) is 0. The van der Waals surface area contributed by atoms with Gasteiger partial charge in [0, 0.05) is 24.6 Å². The van der Waals surface area contributed by atoms with Gasteiger partial charge in [0.25, 0.3) is 0 Å². The van der Waals surface area contributed by atoms with Gasteiger partial charge in [0.2, 0.25) is 11.8 Å². The van der Waals surface area contributed by atoms with Gasteiger partial charge in [-0.15, -0.1) is 0 Å². The molecule has 0 radical (unpaired) electrons. The number of fused-ring (bicyclic) bond motifs is 1. The van der Waals surface area contributed by atoms with Crippen molar-refractivity contribution in [2.45, 2.75) is 53.0 Å². The molecule has 7 heteroatoms. The highest BCUT2D eigenvalue weighted by Crippen LogP contribution is 2.34. The Balaban J connectivity index is 1.63. The van der Waals surface area contributed by atoms with Crippen molar-refractivity contribution < 1.29 is 18.8 Å². The highest BCUT2D eigenvalue weighted by Gasteiger charge is 2.23. The summed E-state index contributed by atoms with van der Waals surface area (Å²) in [5.41, 5.74) is 3.11. The zero-order valence-corrected chi connectivity index (χ0v) is 18.0. The summed E-state index contributed by atoms with van der Waals surface area (Å²) in [4.78, 5) is 14.6. The van der Waals surface area contributed by atoms with Crippen LogP contribution in [0.5, 0.6) is 11.5 Å². The molecule has 1 amide bonds. The monoisotopic (exact) mass is 401 g/mol. The minimum absolute atomic E-state index is 0.110. The van der Waals surface area contributed by atoms with Gasteiger partial charge in [-0.3, -0.25) is 15.0 Å². The third-order valence-electron chi connectivity index (χ3n) is 4.87. The van der Waals surface area contributed by atoms with E-state index in [4.69, 9.17) is 14.0 Å². The van der Waals surface area contributed by atoms with E-state index in [9.17, 15) is 4.79 Å². The van der Waals surface area contributed by atoms with Crippen LogP contribution in [0.4, 0.5) is 5.88 Å². The molecule has 3 rings (SSSR count). The van der Waals surface area contributed by atoms with Gasteiger partial charge in [-0.05, 0) is 43.5 Å². The zero-order valence-electron chi connectivity index (χ0n) is 18.0. The number of nitrogens with zero attached hydrogens (tertiary/aromatic N) is 2. The first kappa shape index (κ1) is 21.2. The first-order valence-electron chi connectivity index (χ1n) is 10.2. The molecule has 0 saturated heterocycles. The van der Waals surface area contributed by atoms with E-state index in [0.717, 1.165) is 30.2 Å². The van der Waals surface area contributed by atoms with E-state index >= 15 is 0 Å². The van der Waals surface area contributed by atoms with Crippen LogP contribution in [-0.2, 0) is 23.2 Å². The molecule has 1 aromatic carbocycles. The molecule has 0 bridgehead atoms. The van der Waals surface area contributed by atoms with Crippen LogP contribution in [0, 0.1) is 0 Å². The number of hydrogen-bond donors (Lipinski definition) is 1. The van der Waals surface area contributed by atoms with Crippen molar-refractivity contribution in [1.29, 1.82) is 0 Å². The summed E-state index contributed by atoms with van der Waals surface area (Å²) in [5.74, 6) is 1.83. The highest BCUT2D eigenvalue weighted by molar-refractivity contribution is 5.91. The Morgan fingerprint density at radius 2 is 1.79 bits per heavy atom. The molecule has 1 aliphatic rings. The number of benzene rings is 1. The minimum atomic E-state index is -0.123. The first-order valence-corrected chi connectivity index (χ1v) is 10.2. The number of hydrogen-bond acceptors (Lipinski definition) is 6. The number of anilines is 1. The van der Waals surface area contributed by atoms with Gasteiger partial charge < -0.3 is 14.0 Å². The van der Waals surface area contributed by atoms with E-state index in [1.165, 1.54) is 11.1 Å². The van der Waals surface area contributed by atoms with Gasteiger partial charge in [-0.1, -0.05) is 25.9 Å². The van der Waals surface area contributed by atoms with Crippen molar-refractivity contribution in [2.24, 2.45) is 0 Å². The maximum atomic E-state index is 12.5. The van der Waals surface area contributed by atoms with E-state index in [1.807, 2.05) is 19.9 Å². The molecule has 1 aromatic heterocycles. The molecule has 29 heavy (non-hydrogen) atoms. The number of amides is 1. The van der Waals surface area contributed by atoms with Crippen LogP contribution in [0.2, 0.25) is 0 Å². The average molecular weight is 402 g/mol. The van der Waals surface area contributed by atoms with Crippen molar-refractivity contribution in [3.8, 4) is 11.5 Å². The summed E-state index contributed by atoms with van der Waals surface area (Å²) >= 11 is 0. The minimum Gasteiger partial charge on any atom is -0.490 e. The molecule has 0 saturated carbocycles. The lowest BCUT2D eigenvalue weighted by atomic mass is 9.92. The Morgan fingerprint density at radius 3 is 2.38 bits per heavy atom. The number of nitrogens with one attached hydrogen (secondary N) is 1. The Bertz CT molecular complexity index is 854. The van der Waals surface area contributed by atoms with E-state index in [-0.39, 0.29) is 11.3 Å². The number of rotatable bonds is 7. The third kappa shape index (κ3) is 5.29. The molecule has 2 heterocycles. The largest absolute Gasteiger partial charge is 0.490 e. The second-order valence-electron chi connectivity index (χ2n) is 8.27. The normalized spacial score (nSPS) is 14.4. The standard InChI is InChI=1S/C22H31N3O4/c1-6-27-17-10-15-8-9-25(13-16(15)11-18(17)28-7-2)14-20(26)23-21-12-19(24-29-21)22(3,4)5/h10-12H,6-9,13-14H2,1-5H3,(H,23,26). The van der Waals surface area contributed by atoms with Crippen LogP contribution in [-0.4, -0.2) is 42.3 Å². The predicted molar refractivity (Wildman–Crippen MR) is 112 cm³/mol. The third-order valence-corrected chi connectivity index (χ3v) is 4.87. The predicted octanol–water partition coefficient (Wildman–Crippen LogP) is 3.77. The Morgan fingerprint density at radius 1 is 1.14 bits per heavy atom. The smallest absolute Gasteiger partial charge is 0.240 e. The van der Waals surface area contributed by atoms with Crippen molar-refractivity contribution in [1.82, 2.24) is 10.1 Å². The fraction of sp³-hybridized carbons (Fsp3) is 0.545. The van der Waals surface area contributed by atoms with Gasteiger partial charge in [0.05, 0.1) is 25.5 Å². The maximum Gasteiger partial charge on any atom is 0.240 e. The number of aromatic nitrogens is 1. The fourth-order valence-corrected chi connectivity index (χ4v) is 3.36. The molecular formula is C22H31N3O4. The van der Waals surface area contributed by atoms with Crippen LogP contribution < -0.4 is 14.8 Å². The molecule has 2 aromatic rings. The number of carbonyl (C=O) groups excluding carboxylic acids is 1. The first-order chi connectivity index (χ1) is 13.8. The molecule has 0 spiro atoms. The van der Waals surface area contributed by atoms with Gasteiger partial charge in [-0.25, -0.2) is 0 Å². The average Bonchev–Trinajstić information content (AvgIpc) is 3.11. The second-order valence-corrected chi connectivity index (χ2v) is 8.27. The quantitative estimate of drug-likeness (QED) is 0.761. The molecule has 7 nitrogen and oxygen atoms in total. The molecule has 1 N–H and O–H groups in total. The fourth-order valence-electron chi connectivity index (χ4n) is 3.36. The lowest BCUT2D eigenvalue weighted by Crippen LogP contribution is -2.37. The van der Waals surface area contributed by atoms with Crippen molar-refractivity contribution in [3.05, 3.63) is 35.0 Å². The Hall–Kier alpha value is -2.54. The van der Waals surface area contributed by atoms with Gasteiger partial charge in [-0.2, -0.15) is 0 Å². The molecular weight excluding hydrogens is 370 g/mol. The lowest BCUT2D eigenvalue weighted by molar-refractivity contribution is -0.117. The van der Waals surface area contributed by atoms with Gasteiger partial charge in [0.15, 0.2) is 11.5 Å². The number of carbonyl (C=O) groups is 1. The van der Waals surface area contributed by atoms with E-state index in [0.29, 0.717) is 32.2 Å². The van der Waals surface area contributed by atoms with Crippen molar-refractivity contribution >= 4 is 11.8 Å². The van der Waals surface area contributed by atoms with Crippen LogP contribution in [0.3, 0.4) is 0 Å². The van der Waals surface area contributed by atoms with Crippen LogP contribution >= 0.6 is 0 Å². The topological polar surface area (TPSA) is 76.8 Å². The number of ether oxygens (including phenoxy) is 2. The molecule has 1 aliphatic heterocycles. The second kappa shape index (κ2) is 8.86. The van der Waals surface area contributed by atoms with Gasteiger partial charge >= 0.3 is 0 Å². The summed E-state index contributed by atoms with van der Waals surface area (Å²) in [6, 6.07) is 5.90. The molecule has 0 fully saturated rings. The Labute approximate surface area is 172 Å². The molecule has 0 atom stereocenters. The van der Waals surface area contributed by atoms with Crippen LogP contribution in [0.1, 0.15) is 51.4 Å². The summed E-state index contributed by atoms with van der Waals surface area (Å²) in [6.45, 7) is 13.1. The van der Waals surface area contributed by atoms with Crippen LogP contribution in [0.15, 0.2) is 22.7 Å². The van der Waals surface area contributed by atoms with E-state index in [2.05, 4.69) is 42.2 Å². The Kier molecular flexibility index (Phi) is 6.47. The van der Waals surface area contributed by atoms with Crippen molar-refractivity contribution in [2.75, 3.05) is 31.6 Å². The summed E-state index contributed by atoms with van der Waals surface area (Å²) < 4.78 is 16.7. The van der Waals surface area contributed by atoms with Crippen LogP contribution in [0.25, 0.3) is 0 Å². The SMILES string of the molecule is CCOc1cc2c(cc1OCC)CN(CC(=O)Nc1cc(C(C)(C)C)no1)CC2. The maximum absolute atomic E-state index is 12.5. The van der Waals surface area contributed by atoms with Crippen molar-refractivity contribution in [3.63, 3.8) is 0 Å². The molecule has 158 valence electrons. The highest BCUT2D eigenvalue weighted by atomic mass is 16.5.